The summed E-state index contributed by atoms with van der Waals surface area (Å²) in [6.45, 7) is 16.2. The number of hydrogen-bond donors (Lipinski definition) is 0. The number of esters is 6. The molecule has 0 N–H and O–H groups in total. The molecule has 0 aliphatic rings. The van der Waals surface area contributed by atoms with Crippen LogP contribution in [-0.4, -0.2) is 94.1 Å². The maximum absolute atomic E-state index is 15.0. The zero-order valence-corrected chi connectivity index (χ0v) is 57.7. The van der Waals surface area contributed by atoms with Crippen LogP contribution >= 0.6 is 0 Å². The fraction of sp³-hybridized carbons (Fsp3) is 0.623. The number of imidazole rings is 1. The first-order chi connectivity index (χ1) is 41.9. The Kier molecular flexibility index (Phi) is 31.1. The molecule has 491 valence electrons. The Bertz CT molecular complexity index is 3110. The molecule has 0 spiro atoms. The third kappa shape index (κ3) is 21.5. The number of carbonyl (C=O) groups excluding carboxylic acids is 6. The molecule has 0 fully saturated rings. The molecule has 10 atom stereocenters. The van der Waals surface area contributed by atoms with Gasteiger partial charge in [-0.3, -0.25) is 33.8 Å². The van der Waals surface area contributed by atoms with Crippen molar-refractivity contribution in [1.29, 1.82) is 26.3 Å². The average molecular weight is 1420 g/mol. The van der Waals surface area contributed by atoms with Gasteiger partial charge in [0.1, 0.15) is 19.0 Å². The molecule has 90 heavy (non-hydrogen) atoms. The molecule has 1 radical (unpaired) electrons. The van der Waals surface area contributed by atoms with Gasteiger partial charge in [-0.05, 0) is 189 Å². The van der Waals surface area contributed by atoms with Gasteiger partial charge in [0.2, 0.25) is 0 Å². The summed E-state index contributed by atoms with van der Waals surface area (Å²) in [4.78, 5) is 89.7. The molecule has 0 aliphatic heterocycles. The van der Waals surface area contributed by atoms with E-state index in [1.807, 2.05) is 61.0 Å². The molecule has 0 bridgehead atoms. The van der Waals surface area contributed by atoms with Crippen molar-refractivity contribution in [3.05, 3.63) is 66.0 Å². The van der Waals surface area contributed by atoms with Crippen molar-refractivity contribution in [2.75, 3.05) is 48.8 Å². The maximum Gasteiger partial charge on any atom is 0.311 e. The van der Waals surface area contributed by atoms with Crippen LogP contribution in [0.3, 0.4) is 0 Å². The second-order valence-electron chi connectivity index (χ2n) is 26.0. The van der Waals surface area contributed by atoms with Gasteiger partial charge in [0.25, 0.3) is 0 Å². The molecule has 0 saturated heterocycles. The van der Waals surface area contributed by atoms with E-state index in [1.54, 1.807) is 40.8 Å². The van der Waals surface area contributed by atoms with Gasteiger partial charge in [-0.1, -0.05) is 0 Å². The van der Waals surface area contributed by atoms with E-state index in [9.17, 15) is 55.1 Å². The Morgan fingerprint density at radius 2 is 0.933 bits per heavy atom. The van der Waals surface area contributed by atoms with Crippen LogP contribution in [0.4, 0.5) is 0 Å². The smallest absolute Gasteiger partial charge is 0.311 e. The zero-order valence-electron chi connectivity index (χ0n) is 55.3. The van der Waals surface area contributed by atoms with Crippen LogP contribution in [0, 0.1) is 139 Å². The molecule has 2 aromatic carbocycles. The first-order valence-electron chi connectivity index (χ1n) is 30.2. The van der Waals surface area contributed by atoms with Crippen LogP contribution in [0.2, 0.25) is 0 Å². The number of hydrogen-bond acceptors (Lipinski definition) is 19. The van der Waals surface area contributed by atoms with E-state index in [-0.39, 0.29) is 90.1 Å². The van der Waals surface area contributed by atoms with Crippen molar-refractivity contribution in [3.63, 3.8) is 0 Å². The number of rotatable bonds is 37. The quantitative estimate of drug-likeness (QED) is 0.0224. The summed E-state index contributed by atoms with van der Waals surface area (Å²) >= 11 is 0. The molecule has 0 aliphatic carbocycles. The molecule has 3 rings (SSSR count). The standard InChI is InChI=1S/C69H92N7O13.Ir/c1-47(37-70)21-22-50(38-71)23-24-51(39-72)25-26-52(40-73)27-28-53(41-74)29-30-65(6,63(82)89-34-33-88-55-35-48(2)56(49(3)36-55)76-32-31-75-57(76)54-19-17-16-18-20-54)43-67(8,60(79)85-13)45-69(10,62(81)87-15)46-68(9,61(80)86-14)44-66(7,59(78)84-12)42-64(4,5)58(77)83-11;/h16-19,31-32,35-36,47,50-53H,21-30,33-34,42-46H2,1-15H3;/q-1;. The first-order valence-corrected chi connectivity index (χ1v) is 30.2. The van der Waals surface area contributed by atoms with Gasteiger partial charge in [-0.2, -0.15) is 26.3 Å². The van der Waals surface area contributed by atoms with Gasteiger partial charge in [0, 0.05) is 67.8 Å². The summed E-state index contributed by atoms with van der Waals surface area (Å²) in [7, 11) is 5.86. The number of methoxy groups -OCH3 is 5. The minimum absolute atomic E-state index is 0. The van der Waals surface area contributed by atoms with Crippen molar-refractivity contribution in [3.8, 4) is 53.2 Å². The van der Waals surface area contributed by atoms with Gasteiger partial charge in [-0.25, -0.2) is 0 Å². The fourth-order valence-electron chi connectivity index (χ4n) is 13.2. The molecule has 3 aromatic rings. The third-order valence-electron chi connectivity index (χ3n) is 17.3. The zero-order chi connectivity index (χ0) is 67.0. The van der Waals surface area contributed by atoms with Crippen molar-refractivity contribution >= 4 is 35.8 Å². The second kappa shape index (κ2) is 35.7. The van der Waals surface area contributed by atoms with Gasteiger partial charge in [0.15, 0.2) is 0 Å². The molecule has 1 heterocycles. The molecule has 20 nitrogen and oxygen atoms in total. The van der Waals surface area contributed by atoms with Crippen LogP contribution in [0.15, 0.2) is 48.8 Å². The molecular formula is C69H92IrN7O13-. The van der Waals surface area contributed by atoms with E-state index in [2.05, 4.69) is 41.4 Å². The van der Waals surface area contributed by atoms with Crippen LogP contribution < -0.4 is 4.74 Å². The number of aryl methyl sites for hydroxylation is 2. The predicted octanol–water partition coefficient (Wildman–Crippen LogP) is 12.4. The number of benzene rings is 2. The van der Waals surface area contributed by atoms with Crippen molar-refractivity contribution in [2.45, 2.75) is 166 Å². The van der Waals surface area contributed by atoms with E-state index >= 15 is 0 Å². The Morgan fingerprint density at radius 1 is 0.533 bits per heavy atom. The second-order valence-corrected chi connectivity index (χ2v) is 26.0. The summed E-state index contributed by atoms with van der Waals surface area (Å²) < 4.78 is 40.8. The summed E-state index contributed by atoms with van der Waals surface area (Å²) in [5.41, 5.74) is -6.20. The average Bonchev–Trinajstić information content (AvgIpc) is 0.953. The van der Waals surface area contributed by atoms with Crippen LogP contribution in [0.5, 0.6) is 5.75 Å². The monoisotopic (exact) mass is 1420 g/mol. The topological polar surface area (TPSA) is 304 Å². The van der Waals surface area contributed by atoms with Crippen molar-refractivity contribution in [1.82, 2.24) is 9.55 Å². The molecule has 10 unspecified atom stereocenters. The SMILES string of the molecule is COC(=O)C(C)(C)CC(C)(CC(C)(CC(C)(CC(C)(CC(C)(CCC(C#N)CCC(C#N)CCC(C#N)CCC(C#N)CCC(C)C#N)C(=O)OCCOc1cc(C)c(-n2ccnc2-c2[c-]cccc2)c(C)c1)C(=O)OC)C(=O)OC)C(=O)OC)C(=O)OC.[Ir]. The van der Waals surface area contributed by atoms with Crippen LogP contribution in [0.25, 0.3) is 17.1 Å². The minimum Gasteiger partial charge on any atom is -0.490 e. The normalized spacial score (nSPS) is 16.2. The third-order valence-corrected chi connectivity index (χ3v) is 17.3. The summed E-state index contributed by atoms with van der Waals surface area (Å²) in [6.07, 6.45) is 5.51. The fourth-order valence-corrected chi connectivity index (χ4v) is 13.2. The van der Waals surface area contributed by atoms with Crippen molar-refractivity contribution < 1.29 is 82.0 Å². The molecule has 0 saturated carbocycles. The Hall–Kier alpha value is -7.63. The van der Waals surface area contributed by atoms with Gasteiger partial charge < -0.3 is 37.7 Å². The Morgan fingerprint density at radius 3 is 1.32 bits per heavy atom. The van der Waals surface area contributed by atoms with Crippen molar-refractivity contribution in [2.24, 2.45) is 62.1 Å². The van der Waals surface area contributed by atoms with Gasteiger partial charge in [-0.15, -0.1) is 35.9 Å². The Labute approximate surface area is 546 Å². The summed E-state index contributed by atoms with van der Waals surface area (Å²) in [5, 5.41) is 49.8. The number of nitrogens with zero attached hydrogens (tertiary/aromatic N) is 7. The molecule has 0 amide bonds. The maximum atomic E-state index is 15.0. The van der Waals surface area contributed by atoms with E-state index in [4.69, 9.17) is 33.2 Å². The minimum atomic E-state index is -1.78. The van der Waals surface area contributed by atoms with E-state index in [0.29, 0.717) is 56.5 Å². The van der Waals surface area contributed by atoms with Crippen LogP contribution in [0.1, 0.15) is 163 Å². The van der Waals surface area contributed by atoms with Gasteiger partial charge >= 0.3 is 35.8 Å². The summed E-state index contributed by atoms with van der Waals surface area (Å²) in [6, 6.07) is 26.0. The van der Waals surface area contributed by atoms with E-state index < -0.39 is 92.5 Å². The number of aromatic nitrogens is 2. The Balaban J connectivity index is 0.0000276. The summed E-state index contributed by atoms with van der Waals surface area (Å²) in [5.74, 6) is -5.50. The number of carbonyl (C=O) groups is 6. The van der Waals surface area contributed by atoms with Crippen LogP contribution in [-0.2, 0) is 77.3 Å². The van der Waals surface area contributed by atoms with E-state index in [1.165, 1.54) is 35.0 Å². The van der Waals surface area contributed by atoms with Gasteiger partial charge in [0.05, 0.1) is 104 Å². The largest absolute Gasteiger partial charge is 0.490 e. The predicted molar refractivity (Wildman–Crippen MR) is 329 cm³/mol. The molecule has 1 aromatic heterocycles. The number of nitriles is 5. The first kappa shape index (κ1) is 78.5. The molecule has 21 heteroatoms. The number of ether oxygens (including phenoxy) is 7. The van der Waals surface area contributed by atoms with E-state index in [0.717, 1.165) is 43.7 Å². The molecular weight excluding hydrogens is 1330 g/mol.